The molecule has 0 radical (unpaired) electrons. The van der Waals surface area contributed by atoms with Gasteiger partial charge in [0.05, 0.1) is 21.6 Å². The summed E-state index contributed by atoms with van der Waals surface area (Å²) in [6.45, 7) is 5.53. The van der Waals surface area contributed by atoms with Crippen LogP contribution in [0.25, 0.3) is 20.4 Å². The van der Waals surface area contributed by atoms with Gasteiger partial charge in [-0.2, -0.15) is 0 Å². The van der Waals surface area contributed by atoms with Crippen LogP contribution in [0.4, 0.5) is 15.8 Å². The van der Waals surface area contributed by atoms with Gasteiger partial charge in [0, 0.05) is 27.9 Å². The zero-order valence-electron chi connectivity index (χ0n) is 15.0. The number of hydrogen-bond acceptors (Lipinski definition) is 6. The maximum atomic E-state index is 14.8. The lowest BCUT2D eigenvalue weighted by Crippen LogP contribution is -2.36. The molecule has 3 aromatic heterocycles. The molecular formula is C20H19FN4S2. The van der Waals surface area contributed by atoms with E-state index in [0.29, 0.717) is 17.1 Å². The molecule has 7 heteroatoms. The molecule has 0 bridgehead atoms. The first kappa shape index (κ1) is 17.0. The van der Waals surface area contributed by atoms with Gasteiger partial charge in [0.1, 0.15) is 10.3 Å². The molecule has 1 saturated heterocycles. The fraction of sp³-hybridized carbons (Fsp3) is 0.300. The lowest BCUT2D eigenvalue weighted by Gasteiger charge is -2.26. The van der Waals surface area contributed by atoms with E-state index in [1.807, 2.05) is 12.1 Å². The van der Waals surface area contributed by atoms with Crippen LogP contribution >= 0.6 is 22.7 Å². The molecule has 1 aliphatic heterocycles. The number of thiophene rings is 1. The summed E-state index contributed by atoms with van der Waals surface area (Å²) in [4.78, 5) is 11.0. The minimum atomic E-state index is -0.310. The van der Waals surface area contributed by atoms with Crippen molar-refractivity contribution >= 4 is 54.5 Å². The number of nitrogens with zero attached hydrogens (tertiary/aromatic N) is 2. The summed E-state index contributed by atoms with van der Waals surface area (Å²) < 4.78 is 15.7. The third-order valence-corrected chi connectivity index (χ3v) is 7.34. The van der Waals surface area contributed by atoms with E-state index in [1.165, 1.54) is 16.2 Å². The Morgan fingerprint density at radius 3 is 2.93 bits per heavy atom. The Bertz CT molecular complexity index is 1150. The van der Waals surface area contributed by atoms with Crippen molar-refractivity contribution in [3.05, 3.63) is 46.7 Å². The Morgan fingerprint density at radius 2 is 2.11 bits per heavy atom. The minimum Gasteiger partial charge on any atom is -0.352 e. The molecule has 0 unspecified atom stereocenters. The normalized spacial score (nSPS) is 19.1. The number of nitrogens with one attached hydrogen (secondary N) is 2. The van der Waals surface area contributed by atoms with Crippen molar-refractivity contribution < 1.29 is 4.39 Å². The van der Waals surface area contributed by atoms with Gasteiger partial charge in [-0.1, -0.05) is 0 Å². The van der Waals surface area contributed by atoms with Crippen molar-refractivity contribution in [3.63, 3.8) is 0 Å². The molecule has 138 valence electrons. The van der Waals surface area contributed by atoms with Gasteiger partial charge < -0.3 is 10.6 Å². The summed E-state index contributed by atoms with van der Waals surface area (Å²) in [6, 6.07) is 7.80. The molecule has 1 atom stereocenters. The molecule has 0 amide bonds. The molecule has 2 N–H and O–H groups in total. The predicted molar refractivity (Wildman–Crippen MR) is 112 cm³/mol. The second kappa shape index (κ2) is 6.22. The Kier molecular flexibility index (Phi) is 3.93. The first-order valence-electron chi connectivity index (χ1n) is 8.95. The molecule has 1 fully saturated rings. The highest BCUT2D eigenvalue weighted by atomic mass is 32.1. The highest BCUT2D eigenvalue weighted by Gasteiger charge is 2.36. The van der Waals surface area contributed by atoms with E-state index >= 15 is 0 Å². The summed E-state index contributed by atoms with van der Waals surface area (Å²) in [6.07, 6.45) is 2.90. The maximum absolute atomic E-state index is 14.8. The largest absolute Gasteiger partial charge is 0.352 e. The van der Waals surface area contributed by atoms with Crippen LogP contribution in [0.15, 0.2) is 36.0 Å². The average molecular weight is 399 g/mol. The van der Waals surface area contributed by atoms with Crippen molar-refractivity contribution in [1.29, 1.82) is 0 Å². The van der Waals surface area contributed by atoms with E-state index in [1.54, 1.807) is 29.1 Å². The van der Waals surface area contributed by atoms with Crippen LogP contribution in [0.1, 0.15) is 31.1 Å². The van der Waals surface area contributed by atoms with Gasteiger partial charge in [-0.15, -0.1) is 22.7 Å². The summed E-state index contributed by atoms with van der Waals surface area (Å²) in [7, 11) is 0. The fourth-order valence-corrected chi connectivity index (χ4v) is 5.92. The summed E-state index contributed by atoms with van der Waals surface area (Å²) in [5.41, 5.74) is 3.48. The molecule has 5 rings (SSSR count). The van der Waals surface area contributed by atoms with E-state index in [9.17, 15) is 4.39 Å². The van der Waals surface area contributed by atoms with Gasteiger partial charge in [0.15, 0.2) is 5.82 Å². The van der Waals surface area contributed by atoms with Crippen LogP contribution in [0.2, 0.25) is 0 Å². The van der Waals surface area contributed by atoms with E-state index in [2.05, 4.69) is 40.5 Å². The smallest absolute Gasteiger partial charge is 0.173 e. The number of pyridine rings is 1. The van der Waals surface area contributed by atoms with Crippen molar-refractivity contribution in [2.45, 2.75) is 31.7 Å². The molecule has 27 heavy (non-hydrogen) atoms. The fourth-order valence-electron chi connectivity index (χ4n) is 3.90. The highest BCUT2D eigenvalue weighted by Crippen LogP contribution is 2.42. The van der Waals surface area contributed by atoms with Crippen molar-refractivity contribution in [1.82, 2.24) is 15.3 Å². The van der Waals surface area contributed by atoms with E-state index < -0.39 is 0 Å². The first-order chi connectivity index (χ1) is 13.0. The third-order valence-electron chi connectivity index (χ3n) is 5.39. The Hall–Kier alpha value is -2.09. The number of rotatable bonds is 3. The SMILES string of the molecule is CC1(C)NCC[C@@H]1c1cc2c(Nc3ccc4scnc4c3F)ccnc2s1. The second-order valence-corrected chi connectivity index (χ2v) is 9.42. The van der Waals surface area contributed by atoms with Gasteiger partial charge in [0.25, 0.3) is 0 Å². The van der Waals surface area contributed by atoms with E-state index in [0.717, 1.165) is 33.6 Å². The first-order valence-corrected chi connectivity index (χ1v) is 10.6. The Morgan fingerprint density at radius 1 is 1.22 bits per heavy atom. The molecular weight excluding hydrogens is 379 g/mol. The number of aromatic nitrogens is 2. The van der Waals surface area contributed by atoms with Crippen molar-refractivity contribution in [2.75, 3.05) is 11.9 Å². The molecule has 0 spiro atoms. The van der Waals surface area contributed by atoms with Gasteiger partial charge >= 0.3 is 0 Å². The number of thiazole rings is 1. The monoisotopic (exact) mass is 398 g/mol. The van der Waals surface area contributed by atoms with Crippen LogP contribution in [-0.4, -0.2) is 22.1 Å². The van der Waals surface area contributed by atoms with Gasteiger partial charge in [-0.3, -0.25) is 0 Å². The van der Waals surface area contributed by atoms with Gasteiger partial charge in [-0.25, -0.2) is 14.4 Å². The molecule has 0 aliphatic carbocycles. The zero-order valence-corrected chi connectivity index (χ0v) is 16.7. The lowest BCUT2D eigenvalue weighted by molar-refractivity contribution is 0.415. The van der Waals surface area contributed by atoms with E-state index in [4.69, 9.17) is 0 Å². The zero-order chi connectivity index (χ0) is 18.6. The summed E-state index contributed by atoms with van der Waals surface area (Å²) >= 11 is 3.18. The quantitative estimate of drug-likeness (QED) is 0.469. The number of hydrogen-bond donors (Lipinski definition) is 2. The standard InChI is InChI=1S/C20H19FN4S2/c1-20(2)12(5-8-24-20)16-9-11-13(6-7-22-19(11)27-16)25-14-3-4-15-18(17(14)21)23-10-26-15/h3-4,6-7,9-10,12,24H,5,8H2,1-2H3,(H,22,25)/t12-/m1/s1. The maximum Gasteiger partial charge on any atom is 0.173 e. The van der Waals surface area contributed by atoms with Crippen LogP contribution in [0, 0.1) is 5.82 Å². The number of benzene rings is 1. The molecule has 4 aromatic rings. The van der Waals surface area contributed by atoms with Crippen LogP contribution in [0.5, 0.6) is 0 Å². The lowest BCUT2D eigenvalue weighted by atomic mass is 9.88. The molecule has 4 heterocycles. The van der Waals surface area contributed by atoms with Gasteiger partial charge in [-0.05, 0) is 51.1 Å². The van der Waals surface area contributed by atoms with Crippen LogP contribution in [0.3, 0.4) is 0 Å². The Balaban J connectivity index is 1.56. The molecule has 4 nitrogen and oxygen atoms in total. The number of anilines is 2. The third kappa shape index (κ3) is 2.81. The van der Waals surface area contributed by atoms with Crippen molar-refractivity contribution in [3.8, 4) is 0 Å². The Labute approximate surface area is 164 Å². The topological polar surface area (TPSA) is 49.8 Å². The predicted octanol–water partition coefficient (Wildman–Crippen LogP) is 5.64. The van der Waals surface area contributed by atoms with Crippen LogP contribution < -0.4 is 10.6 Å². The summed E-state index contributed by atoms with van der Waals surface area (Å²) in [5, 5.41) is 7.88. The second-order valence-electron chi connectivity index (χ2n) is 7.47. The van der Waals surface area contributed by atoms with E-state index in [-0.39, 0.29) is 11.4 Å². The highest BCUT2D eigenvalue weighted by molar-refractivity contribution is 7.18. The van der Waals surface area contributed by atoms with Gasteiger partial charge in [0.2, 0.25) is 0 Å². The summed E-state index contributed by atoms with van der Waals surface area (Å²) in [5.74, 6) is 0.155. The molecule has 1 aromatic carbocycles. The van der Waals surface area contributed by atoms with Crippen molar-refractivity contribution in [2.24, 2.45) is 0 Å². The number of fused-ring (bicyclic) bond motifs is 2. The molecule has 0 saturated carbocycles. The molecule has 1 aliphatic rings. The average Bonchev–Trinajstić information content (AvgIpc) is 3.34. The number of halogens is 1. The minimum absolute atomic E-state index is 0.0796. The van der Waals surface area contributed by atoms with Crippen LogP contribution in [-0.2, 0) is 0 Å².